The Labute approximate surface area is 77.5 Å². The molecule has 0 rings (SSSR count). The van der Waals surface area contributed by atoms with Gasteiger partial charge in [-0.2, -0.15) is 0 Å². The first kappa shape index (κ1) is 12.3. The number of rotatable bonds is 3. The number of hydrogen-bond donors (Lipinski definition) is 3. The third-order valence-electron chi connectivity index (χ3n) is 1.26. The van der Waals surface area contributed by atoms with Crippen LogP contribution in [0.1, 0.15) is 20.8 Å². The van der Waals surface area contributed by atoms with Crippen LogP contribution in [0.3, 0.4) is 0 Å². The Morgan fingerprint density at radius 1 is 1.54 bits per heavy atom. The SMILES string of the molecule is CC(C)(C)OC(=O)C(O)[C@H](N)CO. The zero-order chi connectivity index (χ0) is 10.6. The van der Waals surface area contributed by atoms with E-state index in [4.69, 9.17) is 15.6 Å². The molecule has 0 saturated heterocycles. The zero-order valence-electron chi connectivity index (χ0n) is 8.15. The Morgan fingerprint density at radius 3 is 2.31 bits per heavy atom. The topological polar surface area (TPSA) is 92.8 Å². The maximum atomic E-state index is 11.1. The molecule has 78 valence electrons. The molecular formula is C8H17NO4. The van der Waals surface area contributed by atoms with E-state index in [1.165, 1.54) is 0 Å². The summed E-state index contributed by atoms with van der Waals surface area (Å²) in [5, 5.41) is 17.7. The highest BCUT2D eigenvalue weighted by Gasteiger charge is 2.27. The summed E-state index contributed by atoms with van der Waals surface area (Å²) < 4.78 is 4.84. The third kappa shape index (κ3) is 4.82. The molecule has 0 aliphatic heterocycles. The summed E-state index contributed by atoms with van der Waals surface area (Å²) in [5.41, 5.74) is 4.58. The van der Waals surface area contributed by atoms with Crippen molar-refractivity contribution in [2.75, 3.05) is 6.61 Å². The van der Waals surface area contributed by atoms with Crippen LogP contribution in [0.15, 0.2) is 0 Å². The minimum Gasteiger partial charge on any atom is -0.458 e. The van der Waals surface area contributed by atoms with Crippen molar-refractivity contribution in [3.8, 4) is 0 Å². The fourth-order valence-electron chi connectivity index (χ4n) is 0.637. The van der Waals surface area contributed by atoms with Gasteiger partial charge in [0.15, 0.2) is 6.10 Å². The van der Waals surface area contributed by atoms with Gasteiger partial charge in [0.05, 0.1) is 12.6 Å². The lowest BCUT2D eigenvalue weighted by atomic mass is 10.1. The van der Waals surface area contributed by atoms with Gasteiger partial charge in [-0.3, -0.25) is 0 Å². The van der Waals surface area contributed by atoms with Crippen LogP contribution in [-0.4, -0.2) is 40.5 Å². The number of ether oxygens (including phenoxy) is 1. The van der Waals surface area contributed by atoms with Gasteiger partial charge in [-0.15, -0.1) is 0 Å². The molecule has 0 aromatic rings. The first-order valence-electron chi connectivity index (χ1n) is 4.05. The molecule has 0 aliphatic rings. The quantitative estimate of drug-likeness (QED) is 0.498. The highest BCUT2D eigenvalue weighted by Crippen LogP contribution is 2.09. The first-order valence-corrected chi connectivity index (χ1v) is 4.05. The van der Waals surface area contributed by atoms with Crippen LogP contribution in [0.5, 0.6) is 0 Å². The Kier molecular flexibility index (Phi) is 4.32. The van der Waals surface area contributed by atoms with E-state index < -0.39 is 30.3 Å². The highest BCUT2D eigenvalue weighted by molar-refractivity contribution is 5.75. The Hall–Kier alpha value is -0.650. The largest absolute Gasteiger partial charge is 0.458 e. The monoisotopic (exact) mass is 191 g/mol. The standard InChI is InChI=1S/C8H17NO4/c1-8(2,3)13-7(12)6(11)5(9)4-10/h5-6,10-11H,4,9H2,1-3H3/t5-,6?/m1/s1. The molecule has 4 N–H and O–H groups in total. The lowest BCUT2D eigenvalue weighted by Gasteiger charge is -2.23. The summed E-state index contributed by atoms with van der Waals surface area (Å²) in [6, 6.07) is -0.991. The molecule has 0 fully saturated rings. The summed E-state index contributed by atoms with van der Waals surface area (Å²) in [6.07, 6.45) is -1.47. The van der Waals surface area contributed by atoms with E-state index in [2.05, 4.69) is 0 Å². The van der Waals surface area contributed by atoms with Crippen LogP contribution in [0, 0.1) is 0 Å². The molecule has 5 nitrogen and oxygen atoms in total. The summed E-state index contributed by atoms with van der Waals surface area (Å²) in [7, 11) is 0. The number of aliphatic hydroxyl groups is 2. The van der Waals surface area contributed by atoms with E-state index in [1.807, 2.05) is 0 Å². The molecule has 0 spiro atoms. The summed E-state index contributed by atoms with van der Waals surface area (Å²) in [5.74, 6) is -0.811. The second kappa shape index (κ2) is 4.55. The van der Waals surface area contributed by atoms with Crippen LogP contribution < -0.4 is 5.73 Å². The molecule has 0 aromatic carbocycles. The third-order valence-corrected chi connectivity index (χ3v) is 1.26. The van der Waals surface area contributed by atoms with Crippen molar-refractivity contribution in [2.45, 2.75) is 38.5 Å². The van der Waals surface area contributed by atoms with Crippen LogP contribution in [0.2, 0.25) is 0 Å². The van der Waals surface area contributed by atoms with E-state index >= 15 is 0 Å². The number of esters is 1. The van der Waals surface area contributed by atoms with Gasteiger partial charge >= 0.3 is 5.97 Å². The lowest BCUT2D eigenvalue weighted by Crippen LogP contribution is -2.45. The second-order valence-electron chi connectivity index (χ2n) is 3.82. The van der Waals surface area contributed by atoms with Gasteiger partial charge in [0.25, 0.3) is 0 Å². The summed E-state index contributed by atoms with van der Waals surface area (Å²) >= 11 is 0. The van der Waals surface area contributed by atoms with E-state index in [0.29, 0.717) is 0 Å². The van der Waals surface area contributed by atoms with Crippen LogP contribution in [0.25, 0.3) is 0 Å². The van der Waals surface area contributed by atoms with E-state index in [1.54, 1.807) is 20.8 Å². The number of aliphatic hydroxyl groups excluding tert-OH is 2. The van der Waals surface area contributed by atoms with E-state index in [0.717, 1.165) is 0 Å². The fourth-order valence-corrected chi connectivity index (χ4v) is 0.637. The predicted molar refractivity (Wildman–Crippen MR) is 46.9 cm³/mol. The average Bonchev–Trinajstić information content (AvgIpc) is 1.98. The molecule has 0 aliphatic carbocycles. The Balaban J connectivity index is 4.12. The summed E-state index contributed by atoms with van der Waals surface area (Å²) in [4.78, 5) is 11.1. The van der Waals surface area contributed by atoms with Crippen molar-refractivity contribution in [1.29, 1.82) is 0 Å². The van der Waals surface area contributed by atoms with Crippen molar-refractivity contribution >= 4 is 5.97 Å². The molecule has 0 aromatic heterocycles. The van der Waals surface area contributed by atoms with Crippen molar-refractivity contribution in [3.63, 3.8) is 0 Å². The lowest BCUT2D eigenvalue weighted by molar-refractivity contribution is -0.166. The maximum absolute atomic E-state index is 11.1. The second-order valence-corrected chi connectivity index (χ2v) is 3.82. The zero-order valence-corrected chi connectivity index (χ0v) is 8.15. The smallest absolute Gasteiger partial charge is 0.337 e. The molecule has 13 heavy (non-hydrogen) atoms. The maximum Gasteiger partial charge on any atom is 0.337 e. The molecule has 0 heterocycles. The number of carbonyl (C=O) groups excluding carboxylic acids is 1. The Bertz CT molecular complexity index is 175. The van der Waals surface area contributed by atoms with Gasteiger partial charge in [-0.05, 0) is 20.8 Å². The molecule has 0 bridgehead atoms. The predicted octanol–water partition coefficient (Wildman–Crippen LogP) is -0.991. The van der Waals surface area contributed by atoms with Crippen LogP contribution >= 0.6 is 0 Å². The molecule has 2 atom stereocenters. The molecule has 0 radical (unpaired) electrons. The molecule has 0 saturated carbocycles. The number of carbonyl (C=O) groups is 1. The van der Waals surface area contributed by atoms with Crippen molar-refractivity contribution < 1.29 is 19.7 Å². The number of hydrogen-bond acceptors (Lipinski definition) is 5. The van der Waals surface area contributed by atoms with Gasteiger partial charge in [0.1, 0.15) is 5.60 Å². The molecule has 5 heteroatoms. The van der Waals surface area contributed by atoms with Crippen molar-refractivity contribution in [1.82, 2.24) is 0 Å². The van der Waals surface area contributed by atoms with Gasteiger partial charge in [-0.1, -0.05) is 0 Å². The Morgan fingerprint density at radius 2 is 2.00 bits per heavy atom. The summed E-state index contributed by atoms with van der Waals surface area (Å²) in [6.45, 7) is 4.59. The fraction of sp³-hybridized carbons (Fsp3) is 0.875. The van der Waals surface area contributed by atoms with Gasteiger partial charge in [0.2, 0.25) is 0 Å². The van der Waals surface area contributed by atoms with Gasteiger partial charge in [0, 0.05) is 0 Å². The molecular weight excluding hydrogens is 174 g/mol. The average molecular weight is 191 g/mol. The minimum absolute atomic E-state index is 0.458. The van der Waals surface area contributed by atoms with Crippen LogP contribution in [-0.2, 0) is 9.53 Å². The molecule has 1 unspecified atom stereocenters. The minimum atomic E-state index is -1.47. The normalized spacial score (nSPS) is 16.5. The number of nitrogens with two attached hydrogens (primary N) is 1. The highest BCUT2D eigenvalue weighted by atomic mass is 16.6. The van der Waals surface area contributed by atoms with E-state index in [-0.39, 0.29) is 0 Å². The van der Waals surface area contributed by atoms with Crippen molar-refractivity contribution in [2.24, 2.45) is 5.73 Å². The van der Waals surface area contributed by atoms with E-state index in [9.17, 15) is 9.90 Å². The first-order chi connectivity index (χ1) is 5.78. The van der Waals surface area contributed by atoms with Crippen molar-refractivity contribution in [3.05, 3.63) is 0 Å². The molecule has 0 amide bonds. The van der Waals surface area contributed by atoms with Crippen LogP contribution in [0.4, 0.5) is 0 Å². The van der Waals surface area contributed by atoms with Gasteiger partial charge < -0.3 is 20.7 Å². The van der Waals surface area contributed by atoms with Gasteiger partial charge in [-0.25, -0.2) is 4.79 Å².